The number of nitrogens with zero attached hydrogens (tertiary/aromatic N) is 3. The van der Waals surface area contributed by atoms with E-state index in [2.05, 4.69) is 27.2 Å². The molecule has 1 aromatic heterocycles. The summed E-state index contributed by atoms with van der Waals surface area (Å²) in [5.74, 6) is 1.36. The SMILES string of the molecule is CCNc1ncc(C)c(OC2CCN(C)CC2)n1. The lowest BCUT2D eigenvalue weighted by molar-refractivity contribution is 0.109. The Kier molecular flexibility index (Phi) is 4.36. The lowest BCUT2D eigenvalue weighted by Crippen LogP contribution is -2.35. The van der Waals surface area contributed by atoms with Crippen LogP contribution in [0, 0.1) is 6.92 Å². The first-order valence-corrected chi connectivity index (χ1v) is 6.61. The van der Waals surface area contributed by atoms with Gasteiger partial charge in [-0.05, 0) is 33.7 Å². The third-order valence-electron chi connectivity index (χ3n) is 3.20. The Labute approximate surface area is 109 Å². The average molecular weight is 250 g/mol. The molecular formula is C13H22N4O. The van der Waals surface area contributed by atoms with E-state index in [1.807, 2.05) is 20.0 Å². The molecule has 1 aliphatic rings. The van der Waals surface area contributed by atoms with Crippen molar-refractivity contribution < 1.29 is 4.74 Å². The summed E-state index contributed by atoms with van der Waals surface area (Å²) >= 11 is 0. The Morgan fingerprint density at radius 2 is 2.17 bits per heavy atom. The zero-order chi connectivity index (χ0) is 13.0. The Morgan fingerprint density at radius 1 is 1.44 bits per heavy atom. The van der Waals surface area contributed by atoms with E-state index in [0.717, 1.165) is 43.9 Å². The molecule has 2 heterocycles. The smallest absolute Gasteiger partial charge is 0.225 e. The van der Waals surface area contributed by atoms with Crippen LogP contribution in [0.3, 0.4) is 0 Å². The van der Waals surface area contributed by atoms with Gasteiger partial charge in [-0.2, -0.15) is 4.98 Å². The third kappa shape index (κ3) is 3.32. The summed E-state index contributed by atoms with van der Waals surface area (Å²) in [6.07, 6.45) is 4.23. The maximum absolute atomic E-state index is 6.00. The van der Waals surface area contributed by atoms with E-state index >= 15 is 0 Å². The van der Waals surface area contributed by atoms with Crippen LogP contribution in [0.15, 0.2) is 6.20 Å². The first-order valence-electron chi connectivity index (χ1n) is 6.61. The molecule has 0 atom stereocenters. The predicted molar refractivity (Wildman–Crippen MR) is 72.1 cm³/mol. The fourth-order valence-corrected chi connectivity index (χ4v) is 2.05. The number of rotatable bonds is 4. The van der Waals surface area contributed by atoms with E-state index in [0.29, 0.717) is 5.95 Å². The number of hydrogen-bond acceptors (Lipinski definition) is 5. The summed E-state index contributed by atoms with van der Waals surface area (Å²) in [5.41, 5.74) is 0.996. The number of anilines is 1. The van der Waals surface area contributed by atoms with Crippen LogP contribution in [-0.2, 0) is 0 Å². The van der Waals surface area contributed by atoms with E-state index in [1.54, 1.807) is 0 Å². The van der Waals surface area contributed by atoms with Crippen molar-refractivity contribution in [1.82, 2.24) is 14.9 Å². The molecule has 0 radical (unpaired) electrons. The zero-order valence-corrected chi connectivity index (χ0v) is 11.4. The summed E-state index contributed by atoms with van der Waals surface area (Å²) in [5, 5.41) is 3.11. The van der Waals surface area contributed by atoms with Crippen LogP contribution in [0.25, 0.3) is 0 Å². The zero-order valence-electron chi connectivity index (χ0n) is 11.4. The highest BCUT2D eigenvalue weighted by molar-refractivity contribution is 5.32. The summed E-state index contributed by atoms with van der Waals surface area (Å²) in [6, 6.07) is 0. The van der Waals surface area contributed by atoms with Gasteiger partial charge in [-0.15, -0.1) is 0 Å². The molecule has 0 saturated carbocycles. The molecule has 1 fully saturated rings. The van der Waals surface area contributed by atoms with Crippen molar-refractivity contribution in [1.29, 1.82) is 0 Å². The summed E-state index contributed by atoms with van der Waals surface area (Å²) in [6.45, 7) is 7.02. The van der Waals surface area contributed by atoms with E-state index in [4.69, 9.17) is 4.74 Å². The van der Waals surface area contributed by atoms with Crippen LogP contribution in [0.4, 0.5) is 5.95 Å². The second-order valence-electron chi connectivity index (χ2n) is 4.83. The molecule has 5 heteroatoms. The molecule has 100 valence electrons. The molecule has 18 heavy (non-hydrogen) atoms. The molecular weight excluding hydrogens is 228 g/mol. The molecule has 0 unspecified atom stereocenters. The largest absolute Gasteiger partial charge is 0.474 e. The van der Waals surface area contributed by atoms with Gasteiger partial charge in [0.2, 0.25) is 11.8 Å². The quantitative estimate of drug-likeness (QED) is 0.881. The lowest BCUT2D eigenvalue weighted by Gasteiger charge is -2.29. The fraction of sp³-hybridized carbons (Fsp3) is 0.692. The number of piperidine rings is 1. The molecule has 0 amide bonds. The van der Waals surface area contributed by atoms with Crippen molar-refractivity contribution in [3.63, 3.8) is 0 Å². The number of likely N-dealkylation sites (tertiary alicyclic amines) is 1. The highest BCUT2D eigenvalue weighted by atomic mass is 16.5. The van der Waals surface area contributed by atoms with Crippen LogP contribution in [0.2, 0.25) is 0 Å². The Hall–Kier alpha value is -1.36. The molecule has 2 rings (SSSR count). The monoisotopic (exact) mass is 250 g/mol. The van der Waals surface area contributed by atoms with Gasteiger partial charge >= 0.3 is 0 Å². The highest BCUT2D eigenvalue weighted by Gasteiger charge is 2.19. The van der Waals surface area contributed by atoms with Crippen molar-refractivity contribution in [3.05, 3.63) is 11.8 Å². The third-order valence-corrected chi connectivity index (χ3v) is 3.20. The Morgan fingerprint density at radius 3 is 2.83 bits per heavy atom. The van der Waals surface area contributed by atoms with Crippen LogP contribution >= 0.6 is 0 Å². The molecule has 0 spiro atoms. The highest BCUT2D eigenvalue weighted by Crippen LogP contribution is 2.20. The van der Waals surface area contributed by atoms with Gasteiger partial charge in [-0.3, -0.25) is 0 Å². The van der Waals surface area contributed by atoms with Gasteiger partial charge in [0, 0.05) is 31.4 Å². The van der Waals surface area contributed by atoms with Gasteiger partial charge in [0.05, 0.1) is 0 Å². The molecule has 1 aromatic rings. The molecule has 0 bridgehead atoms. The Bertz CT molecular complexity index is 389. The van der Waals surface area contributed by atoms with E-state index in [-0.39, 0.29) is 6.10 Å². The maximum Gasteiger partial charge on any atom is 0.225 e. The van der Waals surface area contributed by atoms with Crippen molar-refractivity contribution in [2.75, 3.05) is 32.0 Å². The topological polar surface area (TPSA) is 50.3 Å². The van der Waals surface area contributed by atoms with Crippen LogP contribution in [-0.4, -0.2) is 47.7 Å². The number of hydrogen-bond donors (Lipinski definition) is 1. The van der Waals surface area contributed by atoms with Gasteiger partial charge in [0.1, 0.15) is 6.10 Å². The van der Waals surface area contributed by atoms with Gasteiger partial charge < -0.3 is 15.0 Å². The maximum atomic E-state index is 6.00. The second kappa shape index (κ2) is 6.00. The average Bonchev–Trinajstić information content (AvgIpc) is 2.36. The first-order chi connectivity index (χ1) is 8.69. The predicted octanol–water partition coefficient (Wildman–Crippen LogP) is 1.69. The van der Waals surface area contributed by atoms with Crippen molar-refractivity contribution in [2.45, 2.75) is 32.8 Å². The number of aromatic nitrogens is 2. The van der Waals surface area contributed by atoms with Crippen molar-refractivity contribution in [3.8, 4) is 5.88 Å². The number of ether oxygens (including phenoxy) is 1. The lowest BCUT2D eigenvalue weighted by atomic mass is 10.1. The fourth-order valence-electron chi connectivity index (χ4n) is 2.05. The Balaban J connectivity index is 2.01. The second-order valence-corrected chi connectivity index (χ2v) is 4.83. The molecule has 0 aliphatic carbocycles. The molecule has 0 aromatic carbocycles. The van der Waals surface area contributed by atoms with Crippen LogP contribution < -0.4 is 10.1 Å². The summed E-state index contributed by atoms with van der Waals surface area (Å²) < 4.78 is 6.00. The standard InChI is InChI=1S/C13H22N4O/c1-4-14-13-15-9-10(2)12(16-13)18-11-5-7-17(3)8-6-11/h9,11H,4-8H2,1-3H3,(H,14,15,16). The van der Waals surface area contributed by atoms with Gasteiger partial charge in [-0.25, -0.2) is 4.98 Å². The van der Waals surface area contributed by atoms with E-state index in [1.165, 1.54) is 0 Å². The molecule has 1 saturated heterocycles. The van der Waals surface area contributed by atoms with Gasteiger partial charge in [-0.1, -0.05) is 0 Å². The van der Waals surface area contributed by atoms with Crippen LogP contribution in [0.1, 0.15) is 25.3 Å². The summed E-state index contributed by atoms with van der Waals surface area (Å²) in [4.78, 5) is 11.0. The summed E-state index contributed by atoms with van der Waals surface area (Å²) in [7, 11) is 2.15. The van der Waals surface area contributed by atoms with Crippen LogP contribution in [0.5, 0.6) is 5.88 Å². The number of aryl methyl sites for hydroxylation is 1. The first kappa shape index (κ1) is 13.1. The van der Waals surface area contributed by atoms with Crippen molar-refractivity contribution in [2.24, 2.45) is 0 Å². The minimum atomic E-state index is 0.282. The number of nitrogens with one attached hydrogen (secondary N) is 1. The van der Waals surface area contributed by atoms with E-state index in [9.17, 15) is 0 Å². The molecule has 1 N–H and O–H groups in total. The van der Waals surface area contributed by atoms with E-state index < -0.39 is 0 Å². The molecule has 5 nitrogen and oxygen atoms in total. The minimum Gasteiger partial charge on any atom is -0.474 e. The van der Waals surface area contributed by atoms with Gasteiger partial charge in [0.25, 0.3) is 0 Å². The normalized spacial score (nSPS) is 17.7. The van der Waals surface area contributed by atoms with Gasteiger partial charge in [0.15, 0.2) is 0 Å². The van der Waals surface area contributed by atoms with Crippen molar-refractivity contribution >= 4 is 5.95 Å². The minimum absolute atomic E-state index is 0.282. The molecule has 1 aliphatic heterocycles.